The normalized spacial score (nSPS) is 19.1. The molecule has 2 N–H and O–H groups in total. The van der Waals surface area contributed by atoms with E-state index in [4.69, 9.17) is 5.73 Å². The highest BCUT2D eigenvalue weighted by atomic mass is 32.2. The van der Waals surface area contributed by atoms with Gasteiger partial charge in [-0.15, -0.1) is 11.3 Å². The van der Waals surface area contributed by atoms with Crippen LogP contribution in [-0.4, -0.2) is 25.8 Å². The molecular weight excluding hydrogens is 304 g/mol. The molecule has 4 nitrogen and oxygen atoms in total. The third-order valence-electron chi connectivity index (χ3n) is 4.46. The zero-order chi connectivity index (χ0) is 15.8. The fourth-order valence-electron chi connectivity index (χ4n) is 2.91. The average Bonchev–Trinajstić information content (AvgIpc) is 2.80. The Kier molecular flexibility index (Phi) is 4.83. The van der Waals surface area contributed by atoms with Crippen molar-refractivity contribution in [1.29, 1.82) is 0 Å². The summed E-state index contributed by atoms with van der Waals surface area (Å²) in [6, 6.07) is 1.76. The van der Waals surface area contributed by atoms with E-state index in [0.29, 0.717) is 29.8 Å². The minimum Gasteiger partial charge on any atom is -0.326 e. The van der Waals surface area contributed by atoms with Crippen LogP contribution in [0.25, 0.3) is 0 Å². The van der Waals surface area contributed by atoms with Crippen molar-refractivity contribution in [3.05, 3.63) is 16.5 Å². The Hall–Kier alpha value is -0.430. The number of rotatable bonds is 3. The molecule has 1 aliphatic heterocycles. The fraction of sp³-hybridized carbons (Fsp3) is 0.733. The van der Waals surface area contributed by atoms with E-state index in [2.05, 4.69) is 20.8 Å². The van der Waals surface area contributed by atoms with Crippen molar-refractivity contribution in [3.8, 4) is 0 Å². The van der Waals surface area contributed by atoms with Crippen LogP contribution in [0.2, 0.25) is 0 Å². The summed E-state index contributed by atoms with van der Waals surface area (Å²) in [6.07, 6.45) is 1.88. The second-order valence-corrected chi connectivity index (χ2v) is 10.2. The van der Waals surface area contributed by atoms with Gasteiger partial charge in [0.25, 0.3) is 10.0 Å². The van der Waals surface area contributed by atoms with Crippen LogP contribution in [0.5, 0.6) is 0 Å². The number of thiophene rings is 1. The number of nitrogens with two attached hydrogens (primary N) is 1. The van der Waals surface area contributed by atoms with Crippen molar-refractivity contribution in [2.24, 2.45) is 17.1 Å². The first-order valence-electron chi connectivity index (χ1n) is 7.46. The number of aryl methyl sites for hydroxylation is 1. The van der Waals surface area contributed by atoms with Crippen LogP contribution in [-0.2, 0) is 16.6 Å². The zero-order valence-corrected chi connectivity index (χ0v) is 15.0. The quantitative estimate of drug-likeness (QED) is 0.927. The van der Waals surface area contributed by atoms with E-state index >= 15 is 0 Å². The van der Waals surface area contributed by atoms with Crippen molar-refractivity contribution in [2.45, 2.75) is 51.3 Å². The van der Waals surface area contributed by atoms with Gasteiger partial charge in [0.05, 0.1) is 0 Å². The Morgan fingerprint density at radius 1 is 1.33 bits per heavy atom. The van der Waals surface area contributed by atoms with Crippen molar-refractivity contribution >= 4 is 21.4 Å². The summed E-state index contributed by atoms with van der Waals surface area (Å²) in [5.41, 5.74) is 6.88. The minimum atomic E-state index is -3.35. The third kappa shape index (κ3) is 3.50. The lowest BCUT2D eigenvalue weighted by Gasteiger charge is -2.38. The molecule has 1 saturated heterocycles. The van der Waals surface area contributed by atoms with Crippen LogP contribution in [0.3, 0.4) is 0 Å². The molecule has 1 aliphatic rings. The van der Waals surface area contributed by atoms with Gasteiger partial charge in [-0.05, 0) is 42.7 Å². The van der Waals surface area contributed by atoms with Crippen molar-refractivity contribution < 1.29 is 8.42 Å². The van der Waals surface area contributed by atoms with Crippen LogP contribution >= 0.6 is 11.3 Å². The van der Waals surface area contributed by atoms with E-state index in [1.807, 2.05) is 6.92 Å². The molecule has 2 rings (SSSR count). The monoisotopic (exact) mass is 330 g/mol. The van der Waals surface area contributed by atoms with Crippen LogP contribution in [0.4, 0.5) is 0 Å². The summed E-state index contributed by atoms with van der Waals surface area (Å²) in [5.74, 6) is 0.591. The summed E-state index contributed by atoms with van der Waals surface area (Å²) in [7, 11) is -3.35. The molecule has 1 fully saturated rings. The van der Waals surface area contributed by atoms with Crippen LogP contribution in [0, 0.1) is 18.3 Å². The standard InChI is InChI=1S/C15H26N2O2S2/c1-11-9-14(20-13(11)10-16)21(18,19)17-7-5-12(6-8-17)15(2,3)4/h9,12H,5-8,10,16H2,1-4H3. The number of hydrogen-bond donors (Lipinski definition) is 1. The largest absolute Gasteiger partial charge is 0.326 e. The molecule has 21 heavy (non-hydrogen) atoms. The minimum absolute atomic E-state index is 0.252. The van der Waals surface area contributed by atoms with Gasteiger partial charge >= 0.3 is 0 Å². The topological polar surface area (TPSA) is 63.4 Å². The highest BCUT2D eigenvalue weighted by Crippen LogP contribution is 2.36. The summed E-state index contributed by atoms with van der Waals surface area (Å²) in [5, 5.41) is 0. The second kappa shape index (κ2) is 5.99. The van der Waals surface area contributed by atoms with E-state index in [9.17, 15) is 8.42 Å². The molecule has 6 heteroatoms. The van der Waals surface area contributed by atoms with E-state index in [-0.39, 0.29) is 5.41 Å². The lowest BCUT2D eigenvalue weighted by Crippen LogP contribution is -2.41. The Balaban J connectivity index is 2.15. The van der Waals surface area contributed by atoms with Crippen LogP contribution in [0.15, 0.2) is 10.3 Å². The lowest BCUT2D eigenvalue weighted by atomic mass is 9.76. The Morgan fingerprint density at radius 3 is 2.33 bits per heavy atom. The molecule has 0 aromatic carbocycles. The molecule has 0 saturated carbocycles. The van der Waals surface area contributed by atoms with Gasteiger partial charge in [-0.3, -0.25) is 0 Å². The Morgan fingerprint density at radius 2 is 1.90 bits per heavy atom. The Bertz CT molecular complexity index is 592. The predicted molar refractivity (Wildman–Crippen MR) is 87.9 cm³/mol. The summed E-state index contributed by atoms with van der Waals surface area (Å²) >= 11 is 1.31. The van der Waals surface area contributed by atoms with Gasteiger partial charge < -0.3 is 5.73 Å². The van der Waals surface area contributed by atoms with Gasteiger partial charge in [-0.2, -0.15) is 4.31 Å². The molecule has 0 bridgehead atoms. The SMILES string of the molecule is Cc1cc(S(=O)(=O)N2CCC(C(C)(C)C)CC2)sc1CN. The fourth-order valence-corrected chi connectivity index (χ4v) is 6.00. The van der Waals surface area contributed by atoms with E-state index in [1.165, 1.54) is 11.3 Å². The smallest absolute Gasteiger partial charge is 0.252 e. The summed E-state index contributed by atoms with van der Waals surface area (Å²) in [6.45, 7) is 10.3. The third-order valence-corrected chi connectivity index (χ3v) is 8.06. The molecule has 0 radical (unpaired) electrons. The molecule has 1 aromatic rings. The Labute approximate surface area is 132 Å². The molecule has 0 aliphatic carbocycles. The van der Waals surface area contributed by atoms with Gasteiger partial charge in [-0.25, -0.2) is 8.42 Å². The van der Waals surface area contributed by atoms with E-state index in [0.717, 1.165) is 23.3 Å². The van der Waals surface area contributed by atoms with Crippen LogP contribution in [0.1, 0.15) is 44.1 Å². The first-order chi connectivity index (χ1) is 9.66. The molecular formula is C15H26N2O2S2. The summed E-state index contributed by atoms with van der Waals surface area (Å²) < 4.78 is 27.5. The maximum Gasteiger partial charge on any atom is 0.252 e. The summed E-state index contributed by atoms with van der Waals surface area (Å²) in [4.78, 5) is 0.957. The van der Waals surface area contributed by atoms with E-state index < -0.39 is 10.0 Å². The highest BCUT2D eigenvalue weighted by Gasteiger charge is 2.34. The number of sulfonamides is 1. The first-order valence-corrected chi connectivity index (χ1v) is 9.71. The van der Waals surface area contributed by atoms with Gasteiger partial charge in [-0.1, -0.05) is 20.8 Å². The highest BCUT2D eigenvalue weighted by molar-refractivity contribution is 7.91. The zero-order valence-electron chi connectivity index (χ0n) is 13.3. The first kappa shape index (κ1) is 16.9. The molecule has 0 unspecified atom stereocenters. The second-order valence-electron chi connectivity index (χ2n) is 6.92. The molecule has 0 spiro atoms. The molecule has 0 atom stereocenters. The molecule has 1 aromatic heterocycles. The van der Waals surface area contributed by atoms with Gasteiger partial charge in [0.15, 0.2) is 0 Å². The average molecular weight is 331 g/mol. The maximum absolute atomic E-state index is 12.7. The van der Waals surface area contributed by atoms with Crippen molar-refractivity contribution in [2.75, 3.05) is 13.1 Å². The predicted octanol–water partition coefficient (Wildman–Crippen LogP) is 2.96. The number of piperidine rings is 1. The van der Waals surface area contributed by atoms with Gasteiger partial charge in [0.2, 0.25) is 0 Å². The maximum atomic E-state index is 12.7. The number of nitrogens with zero attached hydrogens (tertiary/aromatic N) is 1. The molecule has 0 amide bonds. The lowest BCUT2D eigenvalue weighted by molar-refractivity contribution is 0.154. The van der Waals surface area contributed by atoms with Crippen LogP contribution < -0.4 is 5.73 Å². The van der Waals surface area contributed by atoms with Gasteiger partial charge in [0, 0.05) is 24.5 Å². The number of hydrogen-bond acceptors (Lipinski definition) is 4. The molecule has 2 heterocycles. The molecule has 120 valence electrons. The van der Waals surface area contributed by atoms with Crippen molar-refractivity contribution in [1.82, 2.24) is 4.31 Å². The van der Waals surface area contributed by atoms with E-state index in [1.54, 1.807) is 10.4 Å². The van der Waals surface area contributed by atoms with Gasteiger partial charge in [0.1, 0.15) is 4.21 Å². The van der Waals surface area contributed by atoms with Crippen molar-refractivity contribution in [3.63, 3.8) is 0 Å².